The van der Waals surface area contributed by atoms with E-state index in [-0.39, 0.29) is 5.97 Å². The number of nitrogens with one attached hydrogen (secondary N) is 2. The van der Waals surface area contributed by atoms with Gasteiger partial charge < -0.3 is 10.1 Å². The van der Waals surface area contributed by atoms with Crippen molar-refractivity contribution >= 4 is 17.5 Å². The van der Waals surface area contributed by atoms with Gasteiger partial charge in [-0.1, -0.05) is 13.0 Å². The zero-order valence-electron chi connectivity index (χ0n) is 10.9. The van der Waals surface area contributed by atoms with Gasteiger partial charge in [-0.3, -0.25) is 0 Å². The lowest BCUT2D eigenvalue weighted by Gasteiger charge is -2.07. The summed E-state index contributed by atoms with van der Waals surface area (Å²) in [6, 6.07) is 6.75. The summed E-state index contributed by atoms with van der Waals surface area (Å²) in [5.41, 5.74) is 0.505. The molecular formula is C13H14N4O3. The Morgan fingerprint density at radius 3 is 3.05 bits per heavy atom. The number of anilines is 2. The lowest BCUT2D eigenvalue weighted by Crippen LogP contribution is -2.13. The van der Waals surface area contributed by atoms with Crippen molar-refractivity contribution in [3.8, 4) is 0 Å². The van der Waals surface area contributed by atoms with E-state index < -0.39 is 5.69 Å². The van der Waals surface area contributed by atoms with Crippen LogP contribution >= 0.6 is 0 Å². The fourth-order valence-electron chi connectivity index (χ4n) is 1.52. The SMILES string of the molecule is CCCOC(=O)c1cccc(Nc2cn[nH]c(=O)n2)c1. The maximum Gasteiger partial charge on any atom is 0.363 e. The van der Waals surface area contributed by atoms with Crippen LogP contribution in [-0.2, 0) is 4.74 Å². The Morgan fingerprint density at radius 1 is 1.45 bits per heavy atom. The van der Waals surface area contributed by atoms with E-state index in [1.165, 1.54) is 6.20 Å². The van der Waals surface area contributed by atoms with Gasteiger partial charge in [0, 0.05) is 5.69 Å². The summed E-state index contributed by atoms with van der Waals surface area (Å²) in [4.78, 5) is 26.5. The Balaban J connectivity index is 2.13. The molecule has 20 heavy (non-hydrogen) atoms. The highest BCUT2D eigenvalue weighted by molar-refractivity contribution is 5.90. The van der Waals surface area contributed by atoms with Crippen LogP contribution in [0.15, 0.2) is 35.3 Å². The van der Waals surface area contributed by atoms with Crippen molar-refractivity contribution < 1.29 is 9.53 Å². The lowest BCUT2D eigenvalue weighted by molar-refractivity contribution is 0.0505. The largest absolute Gasteiger partial charge is 0.462 e. The van der Waals surface area contributed by atoms with Crippen LogP contribution in [0.2, 0.25) is 0 Å². The van der Waals surface area contributed by atoms with Gasteiger partial charge in [-0.25, -0.2) is 14.7 Å². The summed E-state index contributed by atoms with van der Waals surface area (Å²) in [6.07, 6.45) is 2.15. The van der Waals surface area contributed by atoms with Crippen LogP contribution in [0.4, 0.5) is 11.5 Å². The normalized spacial score (nSPS) is 10.1. The highest BCUT2D eigenvalue weighted by atomic mass is 16.5. The maximum atomic E-state index is 11.7. The predicted molar refractivity (Wildman–Crippen MR) is 73.0 cm³/mol. The van der Waals surface area contributed by atoms with E-state index in [2.05, 4.69) is 20.5 Å². The van der Waals surface area contributed by atoms with Crippen molar-refractivity contribution in [1.29, 1.82) is 0 Å². The smallest absolute Gasteiger partial charge is 0.363 e. The molecule has 2 N–H and O–H groups in total. The van der Waals surface area contributed by atoms with Gasteiger partial charge in [0.2, 0.25) is 0 Å². The molecule has 0 fully saturated rings. The van der Waals surface area contributed by atoms with Crippen LogP contribution in [-0.4, -0.2) is 27.8 Å². The van der Waals surface area contributed by atoms with Gasteiger partial charge in [-0.05, 0) is 24.6 Å². The zero-order chi connectivity index (χ0) is 14.4. The number of benzene rings is 1. The van der Waals surface area contributed by atoms with Crippen LogP contribution in [0.3, 0.4) is 0 Å². The third kappa shape index (κ3) is 3.64. The van der Waals surface area contributed by atoms with Crippen LogP contribution in [0.1, 0.15) is 23.7 Å². The second kappa shape index (κ2) is 6.46. The molecule has 0 aliphatic rings. The molecule has 7 nitrogen and oxygen atoms in total. The Hall–Kier alpha value is -2.70. The lowest BCUT2D eigenvalue weighted by atomic mass is 10.2. The summed E-state index contributed by atoms with van der Waals surface area (Å²) in [5.74, 6) is -0.0830. The molecule has 2 aromatic rings. The first-order valence-electron chi connectivity index (χ1n) is 6.15. The van der Waals surface area contributed by atoms with E-state index in [9.17, 15) is 9.59 Å². The number of carbonyl (C=O) groups is 1. The standard InChI is InChI=1S/C13H14N4O3/c1-2-6-20-12(18)9-4-3-5-10(7-9)15-11-8-14-17-13(19)16-11/h3-5,7-8H,2,6H2,1H3,(H2,15,16,17,19). The van der Waals surface area contributed by atoms with Crippen molar-refractivity contribution in [2.24, 2.45) is 0 Å². The number of hydrogen-bond donors (Lipinski definition) is 2. The summed E-state index contributed by atoms with van der Waals surface area (Å²) < 4.78 is 5.05. The molecule has 0 aliphatic heterocycles. The second-order valence-corrected chi connectivity index (χ2v) is 4.01. The predicted octanol–water partition coefficient (Wildman–Crippen LogP) is 1.48. The minimum absolute atomic E-state index is 0.299. The van der Waals surface area contributed by atoms with Gasteiger partial charge in [0.1, 0.15) is 0 Å². The molecule has 2 rings (SSSR count). The van der Waals surface area contributed by atoms with E-state index in [0.717, 1.165) is 6.42 Å². The molecule has 7 heteroatoms. The van der Waals surface area contributed by atoms with E-state index in [0.29, 0.717) is 23.7 Å². The van der Waals surface area contributed by atoms with Gasteiger partial charge in [0.05, 0.1) is 18.4 Å². The fourth-order valence-corrected chi connectivity index (χ4v) is 1.52. The van der Waals surface area contributed by atoms with Crippen molar-refractivity contribution in [2.75, 3.05) is 11.9 Å². The van der Waals surface area contributed by atoms with Gasteiger partial charge >= 0.3 is 11.7 Å². The summed E-state index contributed by atoms with van der Waals surface area (Å²) >= 11 is 0. The second-order valence-electron chi connectivity index (χ2n) is 4.01. The van der Waals surface area contributed by atoms with Crippen molar-refractivity contribution in [1.82, 2.24) is 15.2 Å². The number of ether oxygens (including phenoxy) is 1. The minimum atomic E-state index is -0.548. The Bertz CT molecular complexity index is 654. The highest BCUT2D eigenvalue weighted by Crippen LogP contribution is 2.15. The first-order valence-corrected chi connectivity index (χ1v) is 6.15. The molecule has 0 saturated carbocycles. The first kappa shape index (κ1) is 13.7. The molecule has 0 spiro atoms. The van der Waals surface area contributed by atoms with E-state index in [1.54, 1.807) is 24.3 Å². The fraction of sp³-hybridized carbons (Fsp3) is 0.231. The average Bonchev–Trinajstić information content (AvgIpc) is 2.45. The van der Waals surface area contributed by atoms with Crippen LogP contribution in [0.5, 0.6) is 0 Å². The van der Waals surface area contributed by atoms with Gasteiger partial charge in [0.15, 0.2) is 5.82 Å². The molecule has 0 bridgehead atoms. The molecule has 1 aromatic heterocycles. The topological polar surface area (TPSA) is 97.0 Å². The molecule has 1 aromatic carbocycles. The molecule has 0 amide bonds. The van der Waals surface area contributed by atoms with Crippen LogP contribution in [0.25, 0.3) is 0 Å². The van der Waals surface area contributed by atoms with Crippen LogP contribution in [0, 0.1) is 0 Å². The first-order chi connectivity index (χ1) is 9.69. The van der Waals surface area contributed by atoms with Crippen molar-refractivity contribution in [3.05, 3.63) is 46.5 Å². The van der Waals surface area contributed by atoms with E-state index in [1.807, 2.05) is 6.92 Å². The van der Waals surface area contributed by atoms with Gasteiger partial charge in [-0.2, -0.15) is 10.1 Å². The van der Waals surface area contributed by atoms with Crippen LogP contribution < -0.4 is 11.0 Å². The average molecular weight is 274 g/mol. The van der Waals surface area contributed by atoms with Gasteiger partial charge in [-0.15, -0.1) is 0 Å². The number of carbonyl (C=O) groups excluding carboxylic acids is 1. The van der Waals surface area contributed by atoms with Crippen molar-refractivity contribution in [3.63, 3.8) is 0 Å². The Labute approximate surface area is 115 Å². The molecule has 1 heterocycles. The van der Waals surface area contributed by atoms with Crippen molar-refractivity contribution in [2.45, 2.75) is 13.3 Å². The van der Waals surface area contributed by atoms with Gasteiger partial charge in [0.25, 0.3) is 0 Å². The number of nitrogens with zero attached hydrogens (tertiary/aromatic N) is 2. The maximum absolute atomic E-state index is 11.7. The number of aromatic amines is 1. The monoisotopic (exact) mass is 274 g/mol. The molecule has 0 unspecified atom stereocenters. The number of aromatic nitrogens is 3. The third-order valence-electron chi connectivity index (χ3n) is 2.38. The number of rotatable bonds is 5. The summed E-state index contributed by atoms with van der Waals surface area (Å²) in [7, 11) is 0. The molecular weight excluding hydrogens is 260 g/mol. The number of esters is 1. The summed E-state index contributed by atoms with van der Waals surface area (Å²) in [5, 5.41) is 8.70. The zero-order valence-corrected chi connectivity index (χ0v) is 10.9. The molecule has 0 atom stereocenters. The molecule has 0 radical (unpaired) electrons. The van der Waals surface area contributed by atoms with E-state index in [4.69, 9.17) is 4.74 Å². The highest BCUT2D eigenvalue weighted by Gasteiger charge is 2.07. The third-order valence-corrected chi connectivity index (χ3v) is 2.38. The van der Waals surface area contributed by atoms with E-state index >= 15 is 0 Å². The summed E-state index contributed by atoms with van der Waals surface area (Å²) in [6.45, 7) is 2.31. The Morgan fingerprint density at radius 2 is 2.30 bits per heavy atom. The molecule has 0 saturated heterocycles. The Kier molecular flexibility index (Phi) is 4.43. The molecule has 104 valence electrons. The quantitative estimate of drug-likeness (QED) is 0.801. The number of hydrogen-bond acceptors (Lipinski definition) is 6. The number of H-pyrrole nitrogens is 1. The molecule has 0 aliphatic carbocycles. The minimum Gasteiger partial charge on any atom is -0.462 e.